The zero-order valence-corrected chi connectivity index (χ0v) is 13.8. The average Bonchev–Trinajstić information content (AvgIpc) is 2.98. The first-order valence-corrected chi connectivity index (χ1v) is 8.75. The maximum Gasteiger partial charge on any atom is 0.263 e. The van der Waals surface area contributed by atoms with Crippen LogP contribution < -0.4 is 10.3 Å². The average molecular weight is 324 g/mol. The van der Waals surface area contributed by atoms with E-state index in [0.717, 1.165) is 21.5 Å². The second kappa shape index (κ2) is 5.42. The molecule has 5 heteroatoms. The molecule has 0 N–H and O–H groups in total. The molecule has 1 aliphatic heterocycles. The van der Waals surface area contributed by atoms with E-state index in [-0.39, 0.29) is 11.7 Å². The lowest BCUT2D eigenvalue weighted by atomic mass is 10.1. The monoisotopic (exact) mass is 324 g/mol. The van der Waals surface area contributed by atoms with Crippen LogP contribution in [0.1, 0.15) is 12.5 Å². The van der Waals surface area contributed by atoms with Crippen LogP contribution in [0.5, 0.6) is 5.75 Å². The van der Waals surface area contributed by atoms with E-state index in [1.807, 2.05) is 49.6 Å². The van der Waals surface area contributed by atoms with Gasteiger partial charge in [0, 0.05) is 17.5 Å². The molecule has 2 aromatic heterocycles. The van der Waals surface area contributed by atoms with E-state index in [9.17, 15) is 4.79 Å². The van der Waals surface area contributed by atoms with Gasteiger partial charge in [0.05, 0.1) is 16.6 Å². The zero-order chi connectivity index (χ0) is 16.0. The molecule has 23 heavy (non-hydrogen) atoms. The van der Waals surface area contributed by atoms with Crippen molar-refractivity contribution >= 4 is 22.8 Å². The quantitative estimate of drug-likeness (QED) is 0.678. The largest absolute Gasteiger partial charge is 0.489 e. The van der Waals surface area contributed by atoms with Crippen LogP contribution in [0.4, 0.5) is 0 Å². The minimum absolute atomic E-state index is 0.0227. The molecule has 0 radical (unpaired) electrons. The minimum atomic E-state index is -0.0335. The maximum atomic E-state index is 13.1. The summed E-state index contributed by atoms with van der Waals surface area (Å²) >= 11 is 1.65. The van der Waals surface area contributed by atoms with Gasteiger partial charge in [0.2, 0.25) is 0 Å². The third-order valence-electron chi connectivity index (χ3n) is 4.10. The lowest BCUT2D eigenvalue weighted by Gasteiger charge is -2.13. The Bertz CT molecular complexity index is 965. The van der Waals surface area contributed by atoms with Crippen molar-refractivity contribution in [3.63, 3.8) is 0 Å². The summed E-state index contributed by atoms with van der Waals surface area (Å²) in [6.45, 7) is 1.99. The van der Waals surface area contributed by atoms with E-state index in [1.165, 1.54) is 0 Å². The second-order valence-electron chi connectivity index (χ2n) is 5.66. The van der Waals surface area contributed by atoms with Gasteiger partial charge >= 0.3 is 0 Å². The molecule has 3 heterocycles. The van der Waals surface area contributed by atoms with Crippen LogP contribution in [-0.4, -0.2) is 21.9 Å². The summed E-state index contributed by atoms with van der Waals surface area (Å²) in [5.74, 6) is 0.697. The highest BCUT2D eigenvalue weighted by Gasteiger charge is 2.27. The fraction of sp³-hybridized carbons (Fsp3) is 0.222. The predicted molar refractivity (Wildman–Crippen MR) is 92.9 cm³/mol. The number of nitrogens with zero attached hydrogens (tertiary/aromatic N) is 2. The zero-order valence-electron chi connectivity index (χ0n) is 12.9. The van der Waals surface area contributed by atoms with Crippen molar-refractivity contribution in [2.24, 2.45) is 0 Å². The van der Waals surface area contributed by atoms with Crippen LogP contribution in [0.25, 0.3) is 16.7 Å². The summed E-state index contributed by atoms with van der Waals surface area (Å²) < 4.78 is 7.58. The molecule has 0 aliphatic carbocycles. The van der Waals surface area contributed by atoms with Crippen LogP contribution in [0.3, 0.4) is 0 Å². The Morgan fingerprint density at radius 2 is 2.17 bits per heavy atom. The summed E-state index contributed by atoms with van der Waals surface area (Å²) in [5.41, 5.74) is 2.19. The highest BCUT2D eigenvalue weighted by Crippen LogP contribution is 2.34. The van der Waals surface area contributed by atoms with E-state index < -0.39 is 0 Å². The number of hydrogen-bond donors (Lipinski definition) is 0. The van der Waals surface area contributed by atoms with Crippen LogP contribution in [0.2, 0.25) is 0 Å². The molecule has 4 nitrogen and oxygen atoms in total. The third kappa shape index (κ3) is 2.23. The van der Waals surface area contributed by atoms with Gasteiger partial charge in [0.15, 0.2) is 5.65 Å². The number of fused-ring (bicyclic) bond motifs is 3. The molecule has 0 fully saturated rings. The number of aromatic nitrogens is 2. The van der Waals surface area contributed by atoms with E-state index in [1.54, 1.807) is 22.5 Å². The van der Waals surface area contributed by atoms with Gasteiger partial charge < -0.3 is 4.74 Å². The number of benzene rings is 1. The van der Waals surface area contributed by atoms with Crippen LogP contribution in [0.15, 0.2) is 52.3 Å². The van der Waals surface area contributed by atoms with E-state index >= 15 is 0 Å². The van der Waals surface area contributed by atoms with Gasteiger partial charge in [-0.25, -0.2) is 4.98 Å². The first-order valence-electron chi connectivity index (χ1n) is 7.52. The number of pyridine rings is 2. The Balaban J connectivity index is 2.09. The molecule has 0 bridgehead atoms. The number of hydrogen-bond acceptors (Lipinski definition) is 4. The summed E-state index contributed by atoms with van der Waals surface area (Å²) in [6.07, 6.45) is 4.40. The Labute approximate surface area is 138 Å². The van der Waals surface area contributed by atoms with E-state index in [2.05, 4.69) is 4.98 Å². The Morgan fingerprint density at radius 3 is 3.00 bits per heavy atom. The predicted octanol–water partition coefficient (Wildman–Crippen LogP) is 3.43. The highest BCUT2D eigenvalue weighted by molar-refractivity contribution is 7.98. The van der Waals surface area contributed by atoms with Gasteiger partial charge in [0.25, 0.3) is 5.56 Å². The van der Waals surface area contributed by atoms with Crippen molar-refractivity contribution in [3.05, 3.63) is 58.5 Å². The van der Waals surface area contributed by atoms with Gasteiger partial charge in [-0.2, -0.15) is 0 Å². The molecule has 4 rings (SSSR count). The van der Waals surface area contributed by atoms with Crippen molar-refractivity contribution in [1.29, 1.82) is 0 Å². The SMILES string of the molecule is CSc1cccc(-n2c(=O)c3c(c4cccnc42)OC(C)C3)c1. The molecule has 0 saturated heterocycles. The molecule has 1 aliphatic rings. The van der Waals surface area contributed by atoms with Crippen LogP contribution in [0, 0.1) is 0 Å². The number of ether oxygens (including phenoxy) is 1. The van der Waals surface area contributed by atoms with Crippen molar-refractivity contribution in [2.45, 2.75) is 24.3 Å². The molecule has 1 aromatic carbocycles. The van der Waals surface area contributed by atoms with Crippen LogP contribution >= 0.6 is 11.8 Å². The van der Waals surface area contributed by atoms with E-state index in [0.29, 0.717) is 17.8 Å². The van der Waals surface area contributed by atoms with Crippen molar-refractivity contribution < 1.29 is 4.74 Å². The topological polar surface area (TPSA) is 44.1 Å². The van der Waals surface area contributed by atoms with Gasteiger partial charge in [-0.1, -0.05) is 6.07 Å². The molecule has 1 unspecified atom stereocenters. The normalized spacial score (nSPS) is 16.3. The first-order chi connectivity index (χ1) is 11.2. The molecule has 116 valence electrons. The van der Waals surface area contributed by atoms with Crippen molar-refractivity contribution in [2.75, 3.05) is 6.26 Å². The minimum Gasteiger partial charge on any atom is -0.489 e. The van der Waals surface area contributed by atoms with Gasteiger partial charge in [-0.3, -0.25) is 9.36 Å². The Hall–Kier alpha value is -2.27. The first kappa shape index (κ1) is 14.3. The van der Waals surface area contributed by atoms with Gasteiger partial charge in [0.1, 0.15) is 11.9 Å². The number of thioether (sulfide) groups is 1. The Kier molecular flexibility index (Phi) is 3.38. The fourth-order valence-electron chi connectivity index (χ4n) is 3.08. The summed E-state index contributed by atoms with van der Waals surface area (Å²) in [5, 5.41) is 0.890. The molecule has 1 atom stereocenters. The standard InChI is InChI=1S/C18H16N2O2S/c1-11-9-15-16(22-11)14-7-4-8-19-17(14)20(18(15)21)12-5-3-6-13(10-12)23-2/h3-8,10-11H,9H2,1-2H3. The summed E-state index contributed by atoms with van der Waals surface area (Å²) in [4.78, 5) is 18.6. The maximum absolute atomic E-state index is 13.1. The highest BCUT2D eigenvalue weighted by atomic mass is 32.2. The summed E-state index contributed by atoms with van der Waals surface area (Å²) in [6, 6.07) is 11.8. The number of rotatable bonds is 2. The lowest BCUT2D eigenvalue weighted by molar-refractivity contribution is 0.257. The fourth-order valence-corrected chi connectivity index (χ4v) is 3.53. The van der Waals surface area contributed by atoms with Crippen molar-refractivity contribution in [3.8, 4) is 11.4 Å². The van der Waals surface area contributed by atoms with Crippen LogP contribution in [-0.2, 0) is 6.42 Å². The van der Waals surface area contributed by atoms with Crippen molar-refractivity contribution in [1.82, 2.24) is 9.55 Å². The molecule has 0 amide bonds. The lowest BCUT2D eigenvalue weighted by Crippen LogP contribution is -2.22. The summed E-state index contributed by atoms with van der Waals surface area (Å²) in [7, 11) is 0. The smallest absolute Gasteiger partial charge is 0.263 e. The van der Waals surface area contributed by atoms with Gasteiger partial charge in [-0.05, 0) is 43.5 Å². The molecular weight excluding hydrogens is 308 g/mol. The molecule has 0 spiro atoms. The second-order valence-corrected chi connectivity index (χ2v) is 6.54. The molecule has 3 aromatic rings. The third-order valence-corrected chi connectivity index (χ3v) is 4.83. The Morgan fingerprint density at radius 1 is 1.30 bits per heavy atom. The van der Waals surface area contributed by atoms with Gasteiger partial charge in [-0.15, -0.1) is 11.8 Å². The van der Waals surface area contributed by atoms with E-state index in [4.69, 9.17) is 4.74 Å². The molecule has 0 saturated carbocycles. The molecular formula is C18H16N2O2S.